The van der Waals surface area contributed by atoms with Crippen molar-refractivity contribution in [3.63, 3.8) is 0 Å². The SMILES string of the molecule is CN(C)C1CCc2ccccc2C(Oc2ccc(N)cc2)C1. The van der Waals surface area contributed by atoms with E-state index >= 15 is 0 Å². The fraction of sp³-hybridized carbons (Fsp3) is 0.368. The van der Waals surface area contributed by atoms with Gasteiger partial charge in [0.15, 0.2) is 0 Å². The normalized spacial score (nSPS) is 21.2. The highest BCUT2D eigenvalue weighted by Crippen LogP contribution is 2.34. The molecular formula is C19H24N2O. The largest absolute Gasteiger partial charge is 0.486 e. The Bertz CT molecular complexity index is 622. The van der Waals surface area contributed by atoms with Crippen LogP contribution in [-0.2, 0) is 6.42 Å². The monoisotopic (exact) mass is 296 g/mol. The molecule has 22 heavy (non-hydrogen) atoms. The van der Waals surface area contributed by atoms with Gasteiger partial charge in [-0.3, -0.25) is 0 Å². The number of benzene rings is 2. The van der Waals surface area contributed by atoms with Crippen LogP contribution in [0.1, 0.15) is 30.1 Å². The van der Waals surface area contributed by atoms with E-state index in [1.54, 1.807) is 0 Å². The molecule has 0 saturated heterocycles. The van der Waals surface area contributed by atoms with Gasteiger partial charge < -0.3 is 15.4 Å². The summed E-state index contributed by atoms with van der Waals surface area (Å²) in [6, 6.07) is 16.9. The molecule has 0 spiro atoms. The minimum Gasteiger partial charge on any atom is -0.486 e. The molecule has 3 nitrogen and oxygen atoms in total. The summed E-state index contributed by atoms with van der Waals surface area (Å²) in [4.78, 5) is 2.31. The highest BCUT2D eigenvalue weighted by Gasteiger charge is 2.26. The predicted octanol–water partition coefficient (Wildman–Crippen LogP) is 3.66. The van der Waals surface area contributed by atoms with Gasteiger partial charge in [-0.15, -0.1) is 0 Å². The van der Waals surface area contributed by atoms with Gasteiger partial charge in [-0.1, -0.05) is 24.3 Å². The molecule has 0 amide bonds. The van der Waals surface area contributed by atoms with Crippen molar-refractivity contribution >= 4 is 5.69 Å². The molecule has 2 unspecified atom stereocenters. The molecule has 2 aromatic carbocycles. The van der Waals surface area contributed by atoms with E-state index in [-0.39, 0.29) is 6.10 Å². The van der Waals surface area contributed by atoms with E-state index in [1.807, 2.05) is 24.3 Å². The average Bonchev–Trinajstić information content (AvgIpc) is 2.70. The Morgan fingerprint density at radius 2 is 1.77 bits per heavy atom. The van der Waals surface area contributed by atoms with Crippen LogP contribution in [-0.4, -0.2) is 25.0 Å². The Kier molecular flexibility index (Phi) is 4.34. The van der Waals surface area contributed by atoms with Crippen LogP contribution in [0.25, 0.3) is 0 Å². The maximum Gasteiger partial charge on any atom is 0.125 e. The minimum atomic E-state index is 0.0923. The highest BCUT2D eigenvalue weighted by atomic mass is 16.5. The van der Waals surface area contributed by atoms with Gasteiger partial charge in [0, 0.05) is 18.2 Å². The summed E-state index contributed by atoms with van der Waals surface area (Å²) in [5.74, 6) is 0.883. The summed E-state index contributed by atoms with van der Waals surface area (Å²) in [6.07, 6.45) is 3.38. The second kappa shape index (κ2) is 6.41. The average molecular weight is 296 g/mol. The fourth-order valence-electron chi connectivity index (χ4n) is 3.18. The van der Waals surface area contributed by atoms with Gasteiger partial charge in [0.1, 0.15) is 11.9 Å². The third kappa shape index (κ3) is 3.25. The summed E-state index contributed by atoms with van der Waals surface area (Å²) >= 11 is 0. The molecule has 0 bridgehead atoms. The van der Waals surface area contributed by atoms with E-state index in [2.05, 4.69) is 43.3 Å². The van der Waals surface area contributed by atoms with Gasteiger partial charge in [-0.2, -0.15) is 0 Å². The molecule has 0 heterocycles. The maximum absolute atomic E-state index is 6.31. The lowest BCUT2D eigenvalue weighted by Crippen LogP contribution is -2.30. The lowest BCUT2D eigenvalue weighted by Gasteiger charge is -2.27. The Morgan fingerprint density at radius 1 is 1.05 bits per heavy atom. The number of ether oxygens (including phenoxy) is 1. The smallest absolute Gasteiger partial charge is 0.125 e. The van der Waals surface area contributed by atoms with Gasteiger partial charge in [0.2, 0.25) is 0 Å². The van der Waals surface area contributed by atoms with Gasteiger partial charge in [-0.25, -0.2) is 0 Å². The van der Waals surface area contributed by atoms with Crippen molar-refractivity contribution in [3.05, 3.63) is 59.7 Å². The van der Waals surface area contributed by atoms with Crippen molar-refractivity contribution < 1.29 is 4.74 Å². The zero-order valence-electron chi connectivity index (χ0n) is 13.3. The topological polar surface area (TPSA) is 38.5 Å². The van der Waals surface area contributed by atoms with Crippen molar-refractivity contribution in [2.24, 2.45) is 0 Å². The van der Waals surface area contributed by atoms with Gasteiger partial charge in [0.25, 0.3) is 0 Å². The summed E-state index contributed by atoms with van der Waals surface area (Å²) in [5.41, 5.74) is 9.26. The lowest BCUT2D eigenvalue weighted by atomic mass is 10.0. The molecule has 0 aliphatic heterocycles. The number of nitrogen functional groups attached to an aromatic ring is 1. The van der Waals surface area contributed by atoms with Crippen molar-refractivity contribution in [1.82, 2.24) is 4.90 Å². The minimum absolute atomic E-state index is 0.0923. The van der Waals surface area contributed by atoms with E-state index in [9.17, 15) is 0 Å². The van der Waals surface area contributed by atoms with E-state index in [4.69, 9.17) is 10.5 Å². The molecule has 0 saturated carbocycles. The molecule has 0 aromatic heterocycles. The molecule has 3 heteroatoms. The number of fused-ring (bicyclic) bond motifs is 1. The molecule has 3 rings (SSSR count). The van der Waals surface area contributed by atoms with E-state index in [0.717, 1.165) is 24.3 Å². The lowest BCUT2D eigenvalue weighted by molar-refractivity contribution is 0.147. The van der Waals surface area contributed by atoms with Gasteiger partial charge in [-0.05, 0) is 62.3 Å². The number of aryl methyl sites for hydroxylation is 1. The number of nitrogens with two attached hydrogens (primary N) is 1. The molecule has 0 radical (unpaired) electrons. The van der Waals surface area contributed by atoms with Crippen molar-refractivity contribution in [3.8, 4) is 5.75 Å². The second-order valence-electron chi connectivity index (χ2n) is 6.27. The van der Waals surface area contributed by atoms with Crippen LogP contribution < -0.4 is 10.5 Å². The molecule has 0 fully saturated rings. The predicted molar refractivity (Wildman–Crippen MR) is 91.1 cm³/mol. The van der Waals surface area contributed by atoms with Crippen LogP contribution in [0.3, 0.4) is 0 Å². The van der Waals surface area contributed by atoms with Crippen LogP contribution in [0.5, 0.6) is 5.75 Å². The van der Waals surface area contributed by atoms with Gasteiger partial charge in [0.05, 0.1) is 0 Å². The zero-order chi connectivity index (χ0) is 15.5. The summed E-state index contributed by atoms with van der Waals surface area (Å²) < 4.78 is 6.31. The number of hydrogen-bond donors (Lipinski definition) is 1. The molecule has 1 aliphatic carbocycles. The van der Waals surface area contributed by atoms with Crippen LogP contribution in [0.4, 0.5) is 5.69 Å². The summed E-state index contributed by atoms with van der Waals surface area (Å²) in [7, 11) is 4.31. The fourth-order valence-corrected chi connectivity index (χ4v) is 3.18. The van der Waals surface area contributed by atoms with Crippen LogP contribution >= 0.6 is 0 Å². The van der Waals surface area contributed by atoms with Crippen molar-refractivity contribution in [2.45, 2.75) is 31.4 Å². The maximum atomic E-state index is 6.31. The van der Waals surface area contributed by atoms with Crippen molar-refractivity contribution in [2.75, 3.05) is 19.8 Å². The third-order valence-corrected chi connectivity index (χ3v) is 4.52. The summed E-state index contributed by atoms with van der Waals surface area (Å²) in [5, 5.41) is 0. The quantitative estimate of drug-likeness (QED) is 0.694. The first-order valence-electron chi connectivity index (χ1n) is 7.90. The second-order valence-corrected chi connectivity index (χ2v) is 6.27. The molecule has 1 aliphatic rings. The third-order valence-electron chi connectivity index (χ3n) is 4.52. The highest BCUT2D eigenvalue weighted by molar-refractivity contribution is 5.42. The standard InChI is InChI=1S/C19H24N2O/c1-21(2)16-10-7-14-5-3-4-6-18(14)19(13-16)22-17-11-8-15(20)9-12-17/h3-6,8-9,11-12,16,19H,7,10,13,20H2,1-2H3. The molecule has 116 valence electrons. The molecule has 2 aromatic rings. The Balaban J connectivity index is 1.89. The number of nitrogens with zero attached hydrogens (tertiary/aromatic N) is 1. The Labute approximate surface area is 132 Å². The summed E-state index contributed by atoms with van der Waals surface area (Å²) in [6.45, 7) is 0. The Morgan fingerprint density at radius 3 is 2.50 bits per heavy atom. The van der Waals surface area contributed by atoms with Crippen LogP contribution in [0, 0.1) is 0 Å². The van der Waals surface area contributed by atoms with Gasteiger partial charge >= 0.3 is 0 Å². The first-order valence-corrected chi connectivity index (χ1v) is 7.90. The van der Waals surface area contributed by atoms with Crippen molar-refractivity contribution in [1.29, 1.82) is 0 Å². The molecule has 2 N–H and O–H groups in total. The number of hydrogen-bond acceptors (Lipinski definition) is 3. The number of rotatable bonds is 3. The number of anilines is 1. The molecule has 2 atom stereocenters. The van der Waals surface area contributed by atoms with Crippen LogP contribution in [0.15, 0.2) is 48.5 Å². The van der Waals surface area contributed by atoms with E-state index < -0.39 is 0 Å². The molecular weight excluding hydrogens is 272 g/mol. The zero-order valence-corrected chi connectivity index (χ0v) is 13.3. The Hall–Kier alpha value is -2.00. The van der Waals surface area contributed by atoms with E-state index in [1.165, 1.54) is 17.5 Å². The first kappa shape index (κ1) is 14.9. The van der Waals surface area contributed by atoms with Crippen LogP contribution in [0.2, 0.25) is 0 Å². The van der Waals surface area contributed by atoms with E-state index in [0.29, 0.717) is 6.04 Å². The first-order chi connectivity index (χ1) is 10.6.